The first kappa shape index (κ1) is 24.8. The Morgan fingerprint density at radius 3 is 1.89 bits per heavy atom. The average Bonchev–Trinajstić information content (AvgIpc) is 3.64. The van der Waals surface area contributed by atoms with Crippen molar-refractivity contribution in [1.29, 1.82) is 0 Å². The van der Waals surface area contributed by atoms with E-state index >= 15 is 0 Å². The maximum absolute atomic E-state index is 5.40. The Labute approximate surface area is 264 Å². The number of benzene rings is 6. The van der Waals surface area contributed by atoms with Crippen LogP contribution in [0.4, 0.5) is 17.3 Å². The first-order chi connectivity index (χ1) is 22.3. The summed E-state index contributed by atoms with van der Waals surface area (Å²) in [6, 6.07) is 54.4. The fourth-order valence-electron chi connectivity index (χ4n) is 7.69. The molecule has 0 atom stereocenters. The minimum Gasteiger partial charge on any atom is -0.277 e. The number of para-hydroxylation sites is 2. The van der Waals surface area contributed by atoms with Crippen LogP contribution in [0.2, 0.25) is 0 Å². The fourth-order valence-corrected chi connectivity index (χ4v) is 9.12. The molecule has 0 amide bonds. The Balaban J connectivity index is 1.36. The summed E-state index contributed by atoms with van der Waals surface area (Å²) in [6.07, 6.45) is 0. The van der Waals surface area contributed by atoms with E-state index < -0.39 is 5.41 Å². The van der Waals surface area contributed by atoms with Crippen LogP contribution in [0, 0.1) is 0 Å². The molecular formula is C41H25N3S. The predicted molar refractivity (Wildman–Crippen MR) is 186 cm³/mol. The first-order valence-electron chi connectivity index (χ1n) is 15.3. The topological polar surface area (TPSA) is 29.0 Å². The van der Waals surface area contributed by atoms with Crippen LogP contribution in [0.25, 0.3) is 43.4 Å². The molecule has 210 valence electrons. The van der Waals surface area contributed by atoms with Gasteiger partial charge in [-0.05, 0) is 46.0 Å². The predicted octanol–water partition coefficient (Wildman–Crippen LogP) is 10.7. The van der Waals surface area contributed by atoms with E-state index in [9.17, 15) is 0 Å². The van der Waals surface area contributed by atoms with Crippen LogP contribution in [0.5, 0.6) is 0 Å². The SMILES string of the molecule is c1ccc(-c2nc(N3c4ccccc4C4(c5ccccc5-c5ccccc54)c4sc5ccccc5c43)nc3ccccc23)cc1. The minimum absolute atomic E-state index is 0.460. The lowest BCUT2D eigenvalue weighted by atomic mass is 9.68. The highest BCUT2D eigenvalue weighted by atomic mass is 32.1. The number of rotatable bonds is 2. The zero-order valence-electron chi connectivity index (χ0n) is 24.2. The molecular weight excluding hydrogens is 567 g/mol. The molecule has 6 aromatic carbocycles. The van der Waals surface area contributed by atoms with Gasteiger partial charge in [0, 0.05) is 25.9 Å². The molecule has 45 heavy (non-hydrogen) atoms. The summed E-state index contributed by atoms with van der Waals surface area (Å²) < 4.78 is 1.26. The molecule has 3 nitrogen and oxygen atoms in total. The van der Waals surface area contributed by atoms with Gasteiger partial charge in [-0.2, -0.15) is 0 Å². The molecule has 10 rings (SSSR count). The Kier molecular flexibility index (Phi) is 5.08. The average molecular weight is 592 g/mol. The standard InChI is InChI=1S/C41H25N3S/c1-2-14-26(15-3-1)37-29-18-6-11-23-34(29)42-40(43-37)44-35-24-12-10-22-33(35)41(39-38(44)30-19-7-13-25-36(30)45-39)31-20-8-4-16-27(31)28-17-5-9-21-32(28)41/h1-25H. The number of aromatic nitrogens is 2. The molecule has 0 unspecified atom stereocenters. The number of anilines is 3. The summed E-state index contributed by atoms with van der Waals surface area (Å²) in [6.45, 7) is 0. The molecule has 0 saturated heterocycles. The van der Waals surface area contributed by atoms with Gasteiger partial charge in [-0.1, -0.05) is 133 Å². The summed E-state index contributed by atoms with van der Waals surface area (Å²) in [5.41, 5.74) is 11.3. The van der Waals surface area contributed by atoms with Crippen molar-refractivity contribution in [1.82, 2.24) is 9.97 Å². The van der Waals surface area contributed by atoms with Gasteiger partial charge in [-0.25, -0.2) is 9.97 Å². The van der Waals surface area contributed by atoms with Crippen molar-refractivity contribution in [2.24, 2.45) is 0 Å². The second-order valence-corrected chi connectivity index (χ2v) is 12.8. The Morgan fingerprint density at radius 1 is 0.511 bits per heavy atom. The van der Waals surface area contributed by atoms with Crippen LogP contribution in [-0.2, 0) is 5.41 Å². The van der Waals surface area contributed by atoms with Crippen LogP contribution in [0.15, 0.2) is 152 Å². The zero-order valence-corrected chi connectivity index (χ0v) is 25.0. The van der Waals surface area contributed by atoms with E-state index in [4.69, 9.17) is 9.97 Å². The third kappa shape index (κ3) is 3.24. The summed E-state index contributed by atoms with van der Waals surface area (Å²) in [4.78, 5) is 14.3. The minimum atomic E-state index is -0.460. The van der Waals surface area contributed by atoms with E-state index in [0.29, 0.717) is 5.95 Å². The van der Waals surface area contributed by atoms with E-state index in [2.05, 4.69) is 157 Å². The summed E-state index contributed by atoms with van der Waals surface area (Å²) in [5, 5.41) is 2.26. The fraction of sp³-hybridized carbons (Fsp3) is 0.0244. The van der Waals surface area contributed by atoms with Crippen molar-refractivity contribution in [3.8, 4) is 22.4 Å². The maximum atomic E-state index is 5.40. The molecule has 0 N–H and O–H groups in total. The molecule has 1 spiro atoms. The van der Waals surface area contributed by atoms with Crippen molar-refractivity contribution in [3.63, 3.8) is 0 Å². The summed E-state index contributed by atoms with van der Waals surface area (Å²) in [7, 11) is 0. The van der Waals surface area contributed by atoms with E-state index in [-0.39, 0.29) is 0 Å². The zero-order chi connectivity index (χ0) is 29.5. The van der Waals surface area contributed by atoms with Crippen molar-refractivity contribution >= 4 is 49.6 Å². The van der Waals surface area contributed by atoms with E-state index in [0.717, 1.165) is 33.5 Å². The number of thiophene rings is 1. The van der Waals surface area contributed by atoms with Crippen molar-refractivity contribution in [2.45, 2.75) is 5.41 Å². The van der Waals surface area contributed by atoms with Crippen molar-refractivity contribution < 1.29 is 0 Å². The third-order valence-corrected chi connectivity index (χ3v) is 10.8. The van der Waals surface area contributed by atoms with Crippen molar-refractivity contribution in [3.05, 3.63) is 173 Å². The molecule has 3 heterocycles. The molecule has 8 aromatic rings. The normalized spacial score (nSPS) is 13.9. The van der Waals surface area contributed by atoms with Gasteiger partial charge in [-0.15, -0.1) is 11.3 Å². The number of nitrogens with zero attached hydrogens (tertiary/aromatic N) is 3. The lowest BCUT2D eigenvalue weighted by molar-refractivity contribution is 0.770. The smallest absolute Gasteiger partial charge is 0.235 e. The largest absolute Gasteiger partial charge is 0.277 e. The quantitative estimate of drug-likeness (QED) is 0.200. The van der Waals surface area contributed by atoms with E-state index in [1.807, 2.05) is 11.3 Å². The van der Waals surface area contributed by atoms with Crippen LogP contribution in [-0.4, -0.2) is 9.97 Å². The lowest BCUT2D eigenvalue weighted by Gasteiger charge is -2.42. The lowest BCUT2D eigenvalue weighted by Crippen LogP contribution is -2.35. The second kappa shape index (κ2) is 9.21. The molecule has 2 aromatic heterocycles. The van der Waals surface area contributed by atoms with Crippen LogP contribution < -0.4 is 4.90 Å². The van der Waals surface area contributed by atoms with Gasteiger partial charge in [0.1, 0.15) is 0 Å². The first-order valence-corrected chi connectivity index (χ1v) is 16.1. The summed E-state index contributed by atoms with van der Waals surface area (Å²) >= 11 is 1.89. The molecule has 2 aliphatic rings. The van der Waals surface area contributed by atoms with Gasteiger partial charge in [0.15, 0.2) is 0 Å². The van der Waals surface area contributed by atoms with Gasteiger partial charge in [0.05, 0.1) is 28.0 Å². The Bertz CT molecular complexity index is 2410. The highest BCUT2D eigenvalue weighted by Crippen LogP contribution is 2.66. The van der Waals surface area contributed by atoms with E-state index in [1.54, 1.807) is 0 Å². The van der Waals surface area contributed by atoms with Gasteiger partial charge in [0.2, 0.25) is 5.95 Å². The third-order valence-electron chi connectivity index (χ3n) is 9.47. The summed E-state index contributed by atoms with van der Waals surface area (Å²) in [5.74, 6) is 0.680. The number of hydrogen-bond donors (Lipinski definition) is 0. The number of fused-ring (bicyclic) bond motifs is 12. The number of hydrogen-bond acceptors (Lipinski definition) is 4. The van der Waals surface area contributed by atoms with Gasteiger partial charge < -0.3 is 0 Å². The molecule has 0 bridgehead atoms. The molecule has 1 aliphatic carbocycles. The molecule has 0 fully saturated rings. The Morgan fingerprint density at radius 2 is 1.11 bits per heavy atom. The second-order valence-electron chi connectivity index (χ2n) is 11.7. The highest BCUT2D eigenvalue weighted by molar-refractivity contribution is 7.20. The molecule has 1 aliphatic heterocycles. The monoisotopic (exact) mass is 591 g/mol. The van der Waals surface area contributed by atoms with Crippen LogP contribution in [0.1, 0.15) is 21.6 Å². The Hall–Kier alpha value is -5.58. The highest BCUT2D eigenvalue weighted by Gasteiger charge is 2.53. The van der Waals surface area contributed by atoms with Gasteiger partial charge in [-0.3, -0.25) is 4.90 Å². The molecule has 0 saturated carbocycles. The molecule has 0 radical (unpaired) electrons. The van der Waals surface area contributed by atoms with Crippen molar-refractivity contribution in [2.75, 3.05) is 4.90 Å². The van der Waals surface area contributed by atoms with Gasteiger partial charge >= 0.3 is 0 Å². The van der Waals surface area contributed by atoms with E-state index in [1.165, 1.54) is 42.8 Å². The maximum Gasteiger partial charge on any atom is 0.235 e. The molecule has 4 heteroatoms. The van der Waals surface area contributed by atoms with Gasteiger partial charge in [0.25, 0.3) is 0 Å². The van der Waals surface area contributed by atoms with Crippen LogP contribution >= 0.6 is 11.3 Å². The van der Waals surface area contributed by atoms with Crippen LogP contribution in [0.3, 0.4) is 0 Å².